The Kier molecular flexibility index (Phi) is 5.07. The number of carbonyl (C=O) groups excluding carboxylic acids is 2. The molecule has 3 rings (SSSR count). The van der Waals surface area contributed by atoms with E-state index in [1.54, 1.807) is 36.7 Å². The molecular weight excluding hydrogens is 316 g/mol. The predicted molar refractivity (Wildman–Crippen MR) is 96.5 cm³/mol. The van der Waals surface area contributed by atoms with E-state index in [9.17, 15) is 9.59 Å². The monoisotopic (exact) mass is 338 g/mol. The molecule has 0 unspecified atom stereocenters. The van der Waals surface area contributed by atoms with Gasteiger partial charge in [-0.1, -0.05) is 13.8 Å². The van der Waals surface area contributed by atoms with E-state index >= 15 is 0 Å². The van der Waals surface area contributed by atoms with E-state index in [0.29, 0.717) is 35.2 Å². The van der Waals surface area contributed by atoms with Gasteiger partial charge in [-0.3, -0.25) is 9.59 Å². The van der Waals surface area contributed by atoms with Crippen LogP contribution in [0.3, 0.4) is 0 Å². The number of benzene rings is 1. The Morgan fingerprint density at radius 3 is 2.12 bits per heavy atom. The van der Waals surface area contributed by atoms with Gasteiger partial charge in [0.2, 0.25) is 5.91 Å². The molecule has 1 fully saturated rings. The van der Waals surface area contributed by atoms with Gasteiger partial charge < -0.3 is 10.6 Å². The molecule has 130 valence electrons. The van der Waals surface area contributed by atoms with E-state index in [2.05, 4.69) is 20.6 Å². The lowest BCUT2D eigenvalue weighted by molar-refractivity contribution is -0.116. The summed E-state index contributed by atoms with van der Waals surface area (Å²) in [4.78, 5) is 32.5. The van der Waals surface area contributed by atoms with Crippen molar-refractivity contribution in [1.82, 2.24) is 9.97 Å². The van der Waals surface area contributed by atoms with Gasteiger partial charge in [0.15, 0.2) is 0 Å². The lowest BCUT2D eigenvalue weighted by Gasteiger charge is -2.09. The van der Waals surface area contributed by atoms with Crippen LogP contribution in [0.25, 0.3) is 0 Å². The second-order valence-electron chi connectivity index (χ2n) is 6.78. The van der Waals surface area contributed by atoms with Crippen LogP contribution in [0.5, 0.6) is 0 Å². The molecule has 0 atom stereocenters. The van der Waals surface area contributed by atoms with Crippen LogP contribution in [0.2, 0.25) is 0 Å². The molecule has 6 heteroatoms. The molecule has 0 aliphatic heterocycles. The number of hydrogen-bond donors (Lipinski definition) is 2. The van der Waals surface area contributed by atoms with Gasteiger partial charge in [-0.2, -0.15) is 0 Å². The van der Waals surface area contributed by atoms with Gasteiger partial charge in [-0.05, 0) is 43.0 Å². The molecule has 2 aromatic rings. The van der Waals surface area contributed by atoms with E-state index in [0.717, 1.165) is 18.7 Å². The minimum Gasteiger partial charge on any atom is -0.326 e. The Bertz CT molecular complexity index is 750. The lowest BCUT2D eigenvalue weighted by Crippen LogP contribution is -2.14. The zero-order chi connectivity index (χ0) is 17.8. The number of hydrogen-bond acceptors (Lipinski definition) is 4. The third-order valence-corrected chi connectivity index (χ3v) is 3.90. The highest BCUT2D eigenvalue weighted by atomic mass is 16.2. The van der Waals surface area contributed by atoms with Crippen LogP contribution in [0.4, 0.5) is 11.4 Å². The Hall–Kier alpha value is -2.76. The molecule has 1 saturated carbocycles. The fourth-order valence-electron chi connectivity index (χ4n) is 2.43. The smallest absolute Gasteiger partial charge is 0.258 e. The highest BCUT2D eigenvalue weighted by molar-refractivity contribution is 6.04. The number of amides is 2. The number of carbonyl (C=O) groups is 2. The fourth-order valence-corrected chi connectivity index (χ4v) is 2.43. The maximum Gasteiger partial charge on any atom is 0.258 e. The second kappa shape index (κ2) is 7.42. The highest BCUT2D eigenvalue weighted by Crippen LogP contribution is 2.37. The zero-order valence-corrected chi connectivity index (χ0v) is 14.5. The van der Waals surface area contributed by atoms with E-state index in [1.165, 1.54) is 0 Å². The largest absolute Gasteiger partial charge is 0.326 e. The number of rotatable bonds is 6. The Labute approximate surface area is 147 Å². The van der Waals surface area contributed by atoms with E-state index < -0.39 is 0 Å². The third kappa shape index (κ3) is 4.86. The van der Waals surface area contributed by atoms with E-state index in [-0.39, 0.29) is 11.8 Å². The summed E-state index contributed by atoms with van der Waals surface area (Å²) < 4.78 is 0. The first-order chi connectivity index (χ1) is 12.0. The second-order valence-corrected chi connectivity index (χ2v) is 6.78. The van der Waals surface area contributed by atoms with Crippen molar-refractivity contribution in [3.05, 3.63) is 48.0 Å². The first-order valence-electron chi connectivity index (χ1n) is 8.54. The standard InChI is InChI=1S/C19H22N4O2/c1-12(2)9-17(24)22-15-5-7-16(8-6-15)23-19(25)14-10-20-18(21-11-14)13-3-4-13/h5-8,10-13H,3-4,9H2,1-2H3,(H,22,24)(H,23,25). The van der Waals surface area contributed by atoms with Crippen LogP contribution in [0.15, 0.2) is 36.7 Å². The van der Waals surface area contributed by atoms with Crippen molar-refractivity contribution in [1.29, 1.82) is 0 Å². The van der Waals surface area contributed by atoms with Crippen molar-refractivity contribution in [3.8, 4) is 0 Å². The average molecular weight is 338 g/mol. The van der Waals surface area contributed by atoms with Crippen LogP contribution < -0.4 is 10.6 Å². The Morgan fingerprint density at radius 2 is 1.60 bits per heavy atom. The average Bonchev–Trinajstić information content (AvgIpc) is 3.41. The molecule has 0 saturated heterocycles. The third-order valence-electron chi connectivity index (χ3n) is 3.90. The quantitative estimate of drug-likeness (QED) is 0.843. The molecule has 25 heavy (non-hydrogen) atoms. The first-order valence-corrected chi connectivity index (χ1v) is 8.54. The van der Waals surface area contributed by atoms with Crippen molar-refractivity contribution in [2.24, 2.45) is 5.92 Å². The summed E-state index contributed by atoms with van der Waals surface area (Å²) in [6.07, 6.45) is 5.87. The van der Waals surface area contributed by atoms with Gasteiger partial charge in [-0.15, -0.1) is 0 Å². The minimum atomic E-state index is -0.251. The molecule has 1 aliphatic carbocycles. The summed E-state index contributed by atoms with van der Waals surface area (Å²) in [5, 5.41) is 5.64. The number of nitrogens with one attached hydrogen (secondary N) is 2. The molecule has 1 heterocycles. The van der Waals surface area contributed by atoms with Gasteiger partial charge in [0.05, 0.1) is 5.56 Å². The molecule has 1 aromatic heterocycles. The number of nitrogens with zero attached hydrogens (tertiary/aromatic N) is 2. The van der Waals surface area contributed by atoms with Gasteiger partial charge in [0.25, 0.3) is 5.91 Å². The van der Waals surface area contributed by atoms with Gasteiger partial charge in [-0.25, -0.2) is 9.97 Å². The van der Waals surface area contributed by atoms with Crippen LogP contribution in [0, 0.1) is 5.92 Å². The summed E-state index contributed by atoms with van der Waals surface area (Å²) in [5.41, 5.74) is 1.79. The molecule has 2 amide bonds. The molecule has 1 aromatic carbocycles. The van der Waals surface area contributed by atoms with Crippen LogP contribution in [0.1, 0.15) is 55.2 Å². The summed E-state index contributed by atoms with van der Waals surface area (Å²) >= 11 is 0. The molecular formula is C19H22N4O2. The molecule has 0 bridgehead atoms. The first kappa shape index (κ1) is 17.1. The molecule has 0 radical (unpaired) electrons. The maximum absolute atomic E-state index is 12.2. The topological polar surface area (TPSA) is 84.0 Å². The Balaban J connectivity index is 1.56. The van der Waals surface area contributed by atoms with Gasteiger partial charge in [0.1, 0.15) is 5.82 Å². The maximum atomic E-state index is 12.2. The zero-order valence-electron chi connectivity index (χ0n) is 14.5. The summed E-state index contributed by atoms with van der Waals surface area (Å²) in [5.74, 6) is 1.33. The minimum absolute atomic E-state index is 0.0142. The van der Waals surface area contributed by atoms with Crippen molar-refractivity contribution in [3.63, 3.8) is 0 Å². The highest BCUT2D eigenvalue weighted by Gasteiger charge is 2.26. The van der Waals surface area contributed by atoms with E-state index in [4.69, 9.17) is 0 Å². The van der Waals surface area contributed by atoms with E-state index in [1.807, 2.05) is 13.8 Å². The van der Waals surface area contributed by atoms with Crippen LogP contribution in [-0.2, 0) is 4.79 Å². The van der Waals surface area contributed by atoms with Crippen molar-refractivity contribution in [2.75, 3.05) is 10.6 Å². The van der Waals surface area contributed by atoms with Crippen molar-refractivity contribution in [2.45, 2.75) is 39.0 Å². The van der Waals surface area contributed by atoms with Gasteiger partial charge >= 0.3 is 0 Å². The van der Waals surface area contributed by atoms with Crippen molar-refractivity contribution >= 4 is 23.2 Å². The van der Waals surface area contributed by atoms with Gasteiger partial charge in [0, 0.05) is 36.1 Å². The molecule has 6 nitrogen and oxygen atoms in total. The summed E-state index contributed by atoms with van der Waals surface area (Å²) in [6.45, 7) is 4.00. The number of aromatic nitrogens is 2. The Morgan fingerprint density at radius 1 is 1.04 bits per heavy atom. The van der Waals surface area contributed by atoms with Crippen molar-refractivity contribution < 1.29 is 9.59 Å². The normalized spacial score (nSPS) is 13.6. The molecule has 1 aliphatic rings. The predicted octanol–water partition coefficient (Wildman–Crippen LogP) is 3.59. The van der Waals surface area contributed by atoms with Crippen LogP contribution >= 0.6 is 0 Å². The fraction of sp³-hybridized carbons (Fsp3) is 0.368. The molecule has 0 spiro atoms. The molecule has 2 N–H and O–H groups in total. The summed E-state index contributed by atoms with van der Waals surface area (Å²) in [6, 6.07) is 7.03. The number of anilines is 2. The summed E-state index contributed by atoms with van der Waals surface area (Å²) in [7, 11) is 0. The van der Waals surface area contributed by atoms with Crippen LogP contribution in [-0.4, -0.2) is 21.8 Å². The SMILES string of the molecule is CC(C)CC(=O)Nc1ccc(NC(=O)c2cnc(C3CC3)nc2)cc1. The lowest BCUT2D eigenvalue weighted by atomic mass is 10.1.